The highest BCUT2D eigenvalue weighted by atomic mass is 32.2. The van der Waals surface area contributed by atoms with Gasteiger partial charge in [-0.05, 0) is 48.4 Å². The Labute approximate surface area is 139 Å². The monoisotopic (exact) mass is 319 g/mol. The quantitative estimate of drug-likeness (QED) is 0.523. The number of thioether (sulfide) groups is 1. The lowest BCUT2D eigenvalue weighted by Crippen LogP contribution is -1.92. The SMILES string of the molecule is Cc1c2ccccc2cc2[nH]c(SC(C)c3ccccn3)nc12. The van der Waals surface area contributed by atoms with Gasteiger partial charge >= 0.3 is 0 Å². The van der Waals surface area contributed by atoms with E-state index in [4.69, 9.17) is 4.98 Å². The predicted molar refractivity (Wildman–Crippen MR) is 96.8 cm³/mol. The lowest BCUT2D eigenvalue weighted by Gasteiger charge is -2.07. The highest BCUT2D eigenvalue weighted by Gasteiger charge is 2.13. The van der Waals surface area contributed by atoms with Crippen LogP contribution >= 0.6 is 11.8 Å². The van der Waals surface area contributed by atoms with Crippen LogP contribution in [-0.2, 0) is 0 Å². The molecule has 0 radical (unpaired) electrons. The summed E-state index contributed by atoms with van der Waals surface area (Å²) in [5, 5.41) is 3.71. The molecule has 4 heteroatoms. The van der Waals surface area contributed by atoms with Gasteiger partial charge in [-0.1, -0.05) is 42.1 Å². The van der Waals surface area contributed by atoms with Crippen LogP contribution in [0.1, 0.15) is 23.4 Å². The van der Waals surface area contributed by atoms with E-state index in [2.05, 4.69) is 60.2 Å². The molecule has 1 N–H and O–H groups in total. The van der Waals surface area contributed by atoms with E-state index in [0.717, 1.165) is 21.9 Å². The number of imidazole rings is 1. The topological polar surface area (TPSA) is 41.6 Å². The van der Waals surface area contributed by atoms with Gasteiger partial charge in [-0.15, -0.1) is 0 Å². The molecule has 0 aliphatic heterocycles. The summed E-state index contributed by atoms with van der Waals surface area (Å²) in [7, 11) is 0. The zero-order valence-electron chi connectivity index (χ0n) is 13.1. The van der Waals surface area contributed by atoms with Crippen molar-refractivity contribution in [2.75, 3.05) is 0 Å². The molecule has 1 atom stereocenters. The van der Waals surface area contributed by atoms with Gasteiger partial charge < -0.3 is 4.98 Å². The van der Waals surface area contributed by atoms with E-state index < -0.39 is 0 Å². The molecule has 2 heterocycles. The number of pyridine rings is 1. The zero-order valence-corrected chi connectivity index (χ0v) is 13.9. The Morgan fingerprint density at radius 3 is 2.74 bits per heavy atom. The number of H-pyrrole nitrogens is 1. The maximum atomic E-state index is 4.81. The summed E-state index contributed by atoms with van der Waals surface area (Å²) in [5.41, 5.74) is 4.45. The third kappa shape index (κ3) is 2.59. The van der Waals surface area contributed by atoms with Crippen molar-refractivity contribution < 1.29 is 0 Å². The number of hydrogen-bond acceptors (Lipinski definition) is 3. The molecular weight excluding hydrogens is 302 g/mol. The molecular formula is C19H17N3S. The number of aromatic amines is 1. The van der Waals surface area contributed by atoms with Crippen molar-refractivity contribution in [1.82, 2.24) is 15.0 Å². The number of benzene rings is 2. The average Bonchev–Trinajstić information content (AvgIpc) is 2.98. The number of nitrogens with zero attached hydrogens (tertiary/aromatic N) is 2. The normalized spacial score (nSPS) is 12.8. The zero-order chi connectivity index (χ0) is 15.8. The molecule has 0 aliphatic rings. The maximum absolute atomic E-state index is 4.81. The van der Waals surface area contributed by atoms with E-state index in [1.807, 2.05) is 18.3 Å². The van der Waals surface area contributed by atoms with Crippen molar-refractivity contribution in [2.24, 2.45) is 0 Å². The Balaban J connectivity index is 1.74. The van der Waals surface area contributed by atoms with Crippen LogP contribution in [0.4, 0.5) is 0 Å². The van der Waals surface area contributed by atoms with E-state index in [9.17, 15) is 0 Å². The summed E-state index contributed by atoms with van der Waals surface area (Å²) in [6, 6.07) is 16.6. The molecule has 2 aromatic carbocycles. The lowest BCUT2D eigenvalue weighted by molar-refractivity contribution is 0.983. The fourth-order valence-corrected chi connectivity index (χ4v) is 3.81. The average molecular weight is 319 g/mol. The third-order valence-electron chi connectivity index (χ3n) is 4.12. The van der Waals surface area contributed by atoms with Gasteiger partial charge in [0, 0.05) is 6.20 Å². The number of rotatable bonds is 3. The molecule has 2 aromatic heterocycles. The number of fused-ring (bicyclic) bond motifs is 2. The van der Waals surface area contributed by atoms with Crippen molar-refractivity contribution in [3.05, 3.63) is 66.0 Å². The van der Waals surface area contributed by atoms with Crippen LogP contribution in [0, 0.1) is 6.92 Å². The second-order valence-corrected chi connectivity index (χ2v) is 7.01. The van der Waals surface area contributed by atoms with Crippen molar-refractivity contribution in [3.8, 4) is 0 Å². The van der Waals surface area contributed by atoms with Crippen LogP contribution in [0.5, 0.6) is 0 Å². The molecule has 0 aliphatic carbocycles. The van der Waals surface area contributed by atoms with E-state index in [0.29, 0.717) is 0 Å². The molecule has 114 valence electrons. The number of nitrogens with one attached hydrogen (secondary N) is 1. The first-order valence-electron chi connectivity index (χ1n) is 7.68. The number of aryl methyl sites for hydroxylation is 1. The summed E-state index contributed by atoms with van der Waals surface area (Å²) in [4.78, 5) is 12.7. The maximum Gasteiger partial charge on any atom is 0.167 e. The summed E-state index contributed by atoms with van der Waals surface area (Å²) in [5.74, 6) is 0. The largest absolute Gasteiger partial charge is 0.333 e. The second kappa shape index (κ2) is 5.70. The molecule has 4 rings (SSSR count). The first-order chi connectivity index (χ1) is 11.2. The second-order valence-electron chi connectivity index (χ2n) is 5.68. The lowest BCUT2D eigenvalue weighted by atomic mass is 10.0. The number of aromatic nitrogens is 3. The van der Waals surface area contributed by atoms with Crippen LogP contribution in [0.25, 0.3) is 21.8 Å². The molecule has 0 spiro atoms. The van der Waals surface area contributed by atoms with Gasteiger partial charge in [0.15, 0.2) is 5.16 Å². The summed E-state index contributed by atoms with van der Waals surface area (Å²) < 4.78 is 0. The summed E-state index contributed by atoms with van der Waals surface area (Å²) >= 11 is 1.71. The van der Waals surface area contributed by atoms with E-state index in [1.165, 1.54) is 16.3 Å². The molecule has 0 fully saturated rings. The minimum atomic E-state index is 0.256. The molecule has 23 heavy (non-hydrogen) atoms. The number of hydrogen-bond donors (Lipinski definition) is 1. The fraction of sp³-hybridized carbons (Fsp3) is 0.158. The van der Waals surface area contributed by atoms with Gasteiger partial charge in [-0.25, -0.2) is 4.98 Å². The summed E-state index contributed by atoms with van der Waals surface area (Å²) in [6.07, 6.45) is 1.84. The molecule has 1 unspecified atom stereocenters. The van der Waals surface area contributed by atoms with Gasteiger partial charge in [0.2, 0.25) is 0 Å². The van der Waals surface area contributed by atoms with Gasteiger partial charge in [0.1, 0.15) is 0 Å². The van der Waals surface area contributed by atoms with Crippen molar-refractivity contribution in [3.63, 3.8) is 0 Å². The van der Waals surface area contributed by atoms with Gasteiger partial charge in [0.05, 0.1) is 22.0 Å². The minimum absolute atomic E-state index is 0.256. The van der Waals surface area contributed by atoms with Crippen molar-refractivity contribution in [2.45, 2.75) is 24.3 Å². The Morgan fingerprint density at radius 1 is 1.09 bits per heavy atom. The van der Waals surface area contributed by atoms with Gasteiger partial charge in [-0.3, -0.25) is 4.98 Å². The third-order valence-corrected chi connectivity index (χ3v) is 5.13. The first-order valence-corrected chi connectivity index (χ1v) is 8.56. The predicted octanol–water partition coefficient (Wildman–Crippen LogP) is 5.27. The highest BCUT2D eigenvalue weighted by molar-refractivity contribution is 7.99. The van der Waals surface area contributed by atoms with E-state index >= 15 is 0 Å². The Kier molecular flexibility index (Phi) is 3.54. The van der Waals surface area contributed by atoms with Gasteiger partial charge in [0.25, 0.3) is 0 Å². The molecule has 0 bridgehead atoms. The van der Waals surface area contributed by atoms with Crippen LogP contribution in [0.15, 0.2) is 59.9 Å². The fourth-order valence-electron chi connectivity index (χ4n) is 2.90. The van der Waals surface area contributed by atoms with Crippen LogP contribution in [0.3, 0.4) is 0 Å². The van der Waals surface area contributed by atoms with E-state index in [1.54, 1.807) is 11.8 Å². The van der Waals surface area contributed by atoms with E-state index in [-0.39, 0.29) is 5.25 Å². The van der Waals surface area contributed by atoms with Crippen LogP contribution in [-0.4, -0.2) is 15.0 Å². The molecule has 0 amide bonds. The molecule has 0 saturated carbocycles. The van der Waals surface area contributed by atoms with Crippen LogP contribution < -0.4 is 0 Å². The standard InChI is InChI=1S/C19H17N3S/c1-12-15-8-4-3-7-14(15)11-17-18(12)22-19(21-17)23-13(2)16-9-5-6-10-20-16/h3-11,13H,1-2H3,(H,21,22). The highest BCUT2D eigenvalue weighted by Crippen LogP contribution is 2.34. The minimum Gasteiger partial charge on any atom is -0.333 e. The first kappa shape index (κ1) is 14.3. The van der Waals surface area contributed by atoms with Crippen molar-refractivity contribution >= 4 is 33.6 Å². The molecule has 3 nitrogen and oxygen atoms in total. The Morgan fingerprint density at radius 2 is 1.91 bits per heavy atom. The molecule has 4 aromatic rings. The summed E-state index contributed by atoms with van der Waals surface area (Å²) in [6.45, 7) is 4.30. The van der Waals surface area contributed by atoms with Crippen LogP contribution in [0.2, 0.25) is 0 Å². The Hall–Kier alpha value is -2.33. The smallest absolute Gasteiger partial charge is 0.167 e. The molecule has 0 saturated heterocycles. The van der Waals surface area contributed by atoms with Gasteiger partial charge in [-0.2, -0.15) is 0 Å². The Bertz CT molecular complexity index is 976. The van der Waals surface area contributed by atoms with Crippen molar-refractivity contribution in [1.29, 1.82) is 0 Å².